The second kappa shape index (κ2) is 9.79. The highest BCUT2D eigenvalue weighted by atomic mass is 35.5. The number of pyridine rings is 1. The first-order valence-electron chi connectivity index (χ1n) is 10.7. The molecule has 1 aromatic carbocycles. The predicted octanol–water partition coefficient (Wildman–Crippen LogP) is 4.94. The van der Waals surface area contributed by atoms with Gasteiger partial charge in [-0.3, -0.25) is 9.59 Å². The first kappa shape index (κ1) is 25.8. The van der Waals surface area contributed by atoms with Crippen LogP contribution in [0.1, 0.15) is 50.0 Å². The third kappa shape index (κ3) is 5.29. The van der Waals surface area contributed by atoms with Crippen molar-refractivity contribution in [3.05, 3.63) is 62.9 Å². The van der Waals surface area contributed by atoms with Gasteiger partial charge in [0.1, 0.15) is 11.2 Å². The lowest BCUT2D eigenvalue weighted by molar-refractivity contribution is -0.155. The summed E-state index contributed by atoms with van der Waals surface area (Å²) in [4.78, 5) is 31.8. The Hall–Kier alpha value is -1.86. The molecular weight excluding hydrogens is 485 g/mol. The Labute approximate surface area is 209 Å². The van der Waals surface area contributed by atoms with Crippen molar-refractivity contribution in [1.82, 2.24) is 15.2 Å². The summed E-state index contributed by atoms with van der Waals surface area (Å²) in [6, 6.07) is 7.83. The molecule has 33 heavy (non-hydrogen) atoms. The highest BCUT2D eigenvalue weighted by Gasteiger charge is 2.50. The maximum absolute atomic E-state index is 13.5. The Morgan fingerprint density at radius 3 is 2.33 bits per heavy atom. The summed E-state index contributed by atoms with van der Waals surface area (Å²) in [5.41, 5.74) is -0.756. The maximum Gasteiger partial charge on any atom is 0.253 e. The van der Waals surface area contributed by atoms with Crippen molar-refractivity contribution in [3.8, 4) is 0 Å². The molecule has 3 rings (SSSR count). The minimum atomic E-state index is -1.11. The molecule has 1 aliphatic heterocycles. The molecule has 2 atom stereocenters. The fourth-order valence-electron chi connectivity index (χ4n) is 4.25. The van der Waals surface area contributed by atoms with Crippen molar-refractivity contribution in [3.63, 3.8) is 0 Å². The average Bonchev–Trinajstić information content (AvgIpc) is 2.75. The SMILES string of the molecule is CC(C)[C@@H](NC(=O)c1cnc(Cl)c(Cl)c1)C(=O)N1CC[C@](O)(c2ccc(Cl)cc2)C(C)(C)C1. The van der Waals surface area contributed by atoms with Gasteiger partial charge >= 0.3 is 0 Å². The van der Waals surface area contributed by atoms with Crippen LogP contribution < -0.4 is 5.32 Å². The molecule has 2 N–H and O–H groups in total. The summed E-state index contributed by atoms with van der Waals surface area (Å²) in [7, 11) is 0. The quantitative estimate of drug-likeness (QED) is 0.556. The monoisotopic (exact) mass is 511 g/mol. The van der Waals surface area contributed by atoms with Crippen LogP contribution in [0.4, 0.5) is 0 Å². The van der Waals surface area contributed by atoms with Gasteiger partial charge in [0.25, 0.3) is 5.91 Å². The van der Waals surface area contributed by atoms with Gasteiger partial charge in [-0.25, -0.2) is 4.98 Å². The van der Waals surface area contributed by atoms with Crippen LogP contribution in [0.15, 0.2) is 36.5 Å². The molecule has 2 aromatic rings. The van der Waals surface area contributed by atoms with Gasteiger partial charge in [-0.1, -0.05) is 74.6 Å². The molecular formula is C24H28Cl3N3O3. The third-order valence-electron chi connectivity index (χ3n) is 6.36. The Kier molecular flexibility index (Phi) is 7.64. The molecule has 1 aromatic heterocycles. The summed E-state index contributed by atoms with van der Waals surface area (Å²) >= 11 is 17.8. The average molecular weight is 513 g/mol. The largest absolute Gasteiger partial charge is 0.384 e. The first-order chi connectivity index (χ1) is 15.4. The highest BCUT2D eigenvalue weighted by molar-refractivity contribution is 6.41. The van der Waals surface area contributed by atoms with E-state index >= 15 is 0 Å². The van der Waals surface area contributed by atoms with E-state index < -0.39 is 23.0 Å². The smallest absolute Gasteiger partial charge is 0.253 e. The minimum Gasteiger partial charge on any atom is -0.384 e. The van der Waals surface area contributed by atoms with E-state index in [9.17, 15) is 14.7 Å². The number of amides is 2. The lowest BCUT2D eigenvalue weighted by Crippen LogP contribution is -2.60. The molecule has 1 aliphatic rings. The standard InChI is InChI=1S/C24H28Cl3N3O3/c1-14(2)19(29-21(31)15-11-18(26)20(27)28-12-15)22(32)30-10-9-24(33,23(3,4)13-30)16-5-7-17(25)8-6-16/h5-8,11-12,14,19,33H,9-10,13H2,1-4H3,(H,29,31)/t19-,24+/m1/s1. The Morgan fingerprint density at radius 1 is 1.15 bits per heavy atom. The fraction of sp³-hybridized carbons (Fsp3) is 0.458. The molecule has 0 saturated carbocycles. The Balaban J connectivity index is 1.77. The zero-order chi connectivity index (χ0) is 24.6. The lowest BCUT2D eigenvalue weighted by atomic mass is 9.66. The summed E-state index contributed by atoms with van der Waals surface area (Å²) in [5, 5.41) is 15.2. The van der Waals surface area contributed by atoms with Crippen LogP contribution in [-0.4, -0.2) is 45.9 Å². The summed E-state index contributed by atoms with van der Waals surface area (Å²) in [5.74, 6) is -0.808. The predicted molar refractivity (Wildman–Crippen MR) is 131 cm³/mol. The molecule has 0 bridgehead atoms. The first-order valence-corrected chi connectivity index (χ1v) is 11.9. The van der Waals surface area contributed by atoms with Gasteiger partial charge in [0.2, 0.25) is 5.91 Å². The molecule has 0 aliphatic carbocycles. The van der Waals surface area contributed by atoms with Gasteiger partial charge in [-0.05, 0) is 36.1 Å². The molecule has 0 spiro atoms. The number of aromatic nitrogens is 1. The molecule has 1 saturated heterocycles. The number of nitrogens with one attached hydrogen (secondary N) is 1. The van der Waals surface area contributed by atoms with Gasteiger partial charge in [0, 0.05) is 29.7 Å². The van der Waals surface area contributed by atoms with E-state index in [1.807, 2.05) is 39.8 Å². The molecule has 178 valence electrons. The van der Waals surface area contributed by atoms with Gasteiger partial charge in [-0.2, -0.15) is 0 Å². The van der Waals surface area contributed by atoms with Crippen LogP contribution in [0, 0.1) is 11.3 Å². The van der Waals surface area contributed by atoms with Crippen molar-refractivity contribution < 1.29 is 14.7 Å². The Morgan fingerprint density at radius 2 is 1.79 bits per heavy atom. The van der Waals surface area contributed by atoms with E-state index in [1.165, 1.54) is 12.3 Å². The van der Waals surface area contributed by atoms with Crippen molar-refractivity contribution in [1.29, 1.82) is 0 Å². The molecule has 2 heterocycles. The highest BCUT2D eigenvalue weighted by Crippen LogP contribution is 2.46. The van der Waals surface area contributed by atoms with Crippen molar-refractivity contribution >= 4 is 46.6 Å². The number of hydrogen-bond donors (Lipinski definition) is 2. The fourth-order valence-corrected chi connectivity index (χ4v) is 4.65. The number of aliphatic hydroxyl groups is 1. The van der Waals surface area contributed by atoms with Crippen LogP contribution in [0.5, 0.6) is 0 Å². The molecule has 6 nitrogen and oxygen atoms in total. The van der Waals surface area contributed by atoms with Crippen LogP contribution in [0.25, 0.3) is 0 Å². The second-order valence-electron chi connectivity index (χ2n) is 9.45. The molecule has 1 fully saturated rings. The van der Waals surface area contributed by atoms with Crippen LogP contribution >= 0.6 is 34.8 Å². The van der Waals surface area contributed by atoms with E-state index in [0.717, 1.165) is 5.56 Å². The minimum absolute atomic E-state index is 0.105. The summed E-state index contributed by atoms with van der Waals surface area (Å²) in [6.07, 6.45) is 1.69. The van der Waals surface area contributed by atoms with E-state index in [4.69, 9.17) is 34.8 Å². The maximum atomic E-state index is 13.5. The number of likely N-dealkylation sites (tertiary alicyclic amines) is 1. The number of carbonyl (C=O) groups is 2. The number of benzene rings is 1. The van der Waals surface area contributed by atoms with E-state index in [2.05, 4.69) is 10.3 Å². The molecule has 0 radical (unpaired) electrons. The zero-order valence-electron chi connectivity index (χ0n) is 19.0. The van der Waals surface area contributed by atoms with Gasteiger partial charge in [-0.15, -0.1) is 0 Å². The van der Waals surface area contributed by atoms with Crippen molar-refractivity contribution in [2.45, 2.75) is 45.8 Å². The van der Waals surface area contributed by atoms with Crippen LogP contribution in [0.2, 0.25) is 15.2 Å². The molecule has 9 heteroatoms. The summed E-state index contributed by atoms with van der Waals surface area (Å²) < 4.78 is 0. The lowest BCUT2D eigenvalue weighted by Gasteiger charge is -2.51. The topological polar surface area (TPSA) is 82.5 Å². The number of hydrogen-bond acceptors (Lipinski definition) is 4. The Bertz CT molecular complexity index is 1040. The van der Waals surface area contributed by atoms with E-state index in [-0.39, 0.29) is 27.6 Å². The van der Waals surface area contributed by atoms with Crippen LogP contribution in [0.3, 0.4) is 0 Å². The number of halogens is 3. The molecule has 2 amide bonds. The van der Waals surface area contributed by atoms with Crippen molar-refractivity contribution in [2.75, 3.05) is 13.1 Å². The molecule has 0 unspecified atom stereocenters. The van der Waals surface area contributed by atoms with Gasteiger partial charge in [0.05, 0.1) is 16.2 Å². The van der Waals surface area contributed by atoms with Gasteiger partial charge < -0.3 is 15.3 Å². The van der Waals surface area contributed by atoms with Crippen LogP contribution in [-0.2, 0) is 10.4 Å². The van der Waals surface area contributed by atoms with E-state index in [1.54, 1.807) is 17.0 Å². The van der Waals surface area contributed by atoms with Crippen molar-refractivity contribution in [2.24, 2.45) is 11.3 Å². The summed E-state index contributed by atoms with van der Waals surface area (Å²) in [6.45, 7) is 8.30. The van der Waals surface area contributed by atoms with Gasteiger partial charge in [0.15, 0.2) is 0 Å². The number of carbonyl (C=O) groups excluding carboxylic acids is 2. The third-order valence-corrected chi connectivity index (χ3v) is 7.30. The second-order valence-corrected chi connectivity index (χ2v) is 10.7. The number of nitrogens with zero attached hydrogens (tertiary/aromatic N) is 2. The normalized spacial score (nSPS) is 21.1. The number of rotatable bonds is 5. The van der Waals surface area contributed by atoms with E-state index in [0.29, 0.717) is 24.5 Å². The zero-order valence-corrected chi connectivity index (χ0v) is 21.3. The number of piperidine rings is 1.